The quantitative estimate of drug-likeness (QED) is 0.166. The summed E-state index contributed by atoms with van der Waals surface area (Å²) in [5.41, 5.74) is 3.62. The minimum atomic E-state index is -0.484. The van der Waals surface area contributed by atoms with Crippen LogP contribution in [0.2, 0.25) is 0 Å². The molecule has 2 atom stereocenters. The molecule has 0 spiro atoms. The number of anilines is 2. The molecule has 0 aromatic heterocycles. The van der Waals surface area contributed by atoms with Crippen LogP contribution in [0, 0.1) is 0 Å². The first-order valence-electron chi connectivity index (χ1n) is 13.7. The molecule has 2 heterocycles. The van der Waals surface area contributed by atoms with Crippen LogP contribution in [0.1, 0.15) is 11.1 Å². The van der Waals surface area contributed by atoms with Gasteiger partial charge in [-0.05, 0) is 83.2 Å². The summed E-state index contributed by atoms with van der Waals surface area (Å²) >= 11 is 9.25. The van der Waals surface area contributed by atoms with Crippen molar-refractivity contribution in [2.75, 3.05) is 10.6 Å². The van der Waals surface area contributed by atoms with Crippen molar-refractivity contribution >= 4 is 88.9 Å². The number of nitrogens with zero attached hydrogens (tertiary/aromatic N) is 4. The van der Waals surface area contributed by atoms with E-state index in [0.717, 1.165) is 55.0 Å². The third kappa shape index (κ3) is 7.37. The molecule has 2 saturated heterocycles. The molecule has 6 rings (SSSR count). The lowest BCUT2D eigenvalue weighted by Crippen LogP contribution is -2.36. The van der Waals surface area contributed by atoms with Crippen LogP contribution in [-0.4, -0.2) is 42.7 Å². The van der Waals surface area contributed by atoms with Crippen LogP contribution in [0.25, 0.3) is 0 Å². The summed E-state index contributed by atoms with van der Waals surface area (Å²) in [6.07, 6.45) is 0. The van der Waals surface area contributed by atoms with E-state index in [1.54, 1.807) is 9.80 Å². The number of halogens is 2. The van der Waals surface area contributed by atoms with E-state index in [9.17, 15) is 9.59 Å². The predicted molar refractivity (Wildman–Crippen MR) is 188 cm³/mol. The first-order chi connectivity index (χ1) is 21.4. The molecular weight excluding hydrogens is 724 g/mol. The number of carbonyl (C=O) groups excluding carboxylic acids is 2. The van der Waals surface area contributed by atoms with Crippen LogP contribution in [0.15, 0.2) is 128 Å². The average molecular weight is 751 g/mol. The van der Waals surface area contributed by atoms with Crippen molar-refractivity contribution in [1.82, 2.24) is 9.80 Å². The molecule has 8 nitrogen and oxygen atoms in total. The number of amides is 2. The molecule has 2 aliphatic rings. The maximum atomic E-state index is 13.4. The molecule has 2 fully saturated rings. The number of hydrogen-bond donors (Lipinski definition) is 2. The van der Waals surface area contributed by atoms with Gasteiger partial charge in [0.1, 0.15) is 10.7 Å². The van der Waals surface area contributed by atoms with Gasteiger partial charge in [0, 0.05) is 20.3 Å². The van der Waals surface area contributed by atoms with E-state index >= 15 is 0 Å². The van der Waals surface area contributed by atoms with E-state index < -0.39 is 10.7 Å². The molecule has 12 heteroatoms. The molecule has 0 radical (unpaired) electrons. The van der Waals surface area contributed by atoms with E-state index in [4.69, 9.17) is 10.2 Å². The second kappa shape index (κ2) is 14.0. The Balaban J connectivity index is 1.37. The SMILES string of the molecule is O=C1SC(Nc2ccc(Br)cc2)C(=N/N=C2\C(Nc3ccc(Br)cc3)SC(=O)N2Cc2ccccc2)N1Cc1ccccc1. The number of thioether (sulfide) groups is 2. The fourth-order valence-electron chi connectivity index (χ4n) is 4.63. The highest BCUT2D eigenvalue weighted by atomic mass is 79.9. The maximum absolute atomic E-state index is 13.4. The lowest BCUT2D eigenvalue weighted by Gasteiger charge is -2.20. The lowest BCUT2D eigenvalue weighted by molar-refractivity contribution is 0.242. The van der Waals surface area contributed by atoms with Gasteiger partial charge in [0.05, 0.1) is 13.1 Å². The van der Waals surface area contributed by atoms with Crippen LogP contribution < -0.4 is 10.6 Å². The topological polar surface area (TPSA) is 89.4 Å². The van der Waals surface area contributed by atoms with Crippen molar-refractivity contribution in [2.24, 2.45) is 10.2 Å². The second-order valence-corrected chi connectivity index (χ2v) is 13.8. The number of benzene rings is 4. The number of amidine groups is 2. The van der Waals surface area contributed by atoms with Gasteiger partial charge in [-0.25, -0.2) is 0 Å². The molecule has 222 valence electrons. The highest BCUT2D eigenvalue weighted by Gasteiger charge is 2.40. The number of rotatable bonds is 9. The largest absolute Gasteiger partial charge is 0.367 e. The first-order valence-corrected chi connectivity index (χ1v) is 17.0. The Morgan fingerprint density at radius 1 is 0.568 bits per heavy atom. The molecule has 2 amide bonds. The molecule has 2 aliphatic heterocycles. The van der Waals surface area contributed by atoms with Crippen molar-refractivity contribution in [2.45, 2.75) is 23.8 Å². The van der Waals surface area contributed by atoms with Crippen molar-refractivity contribution in [3.05, 3.63) is 129 Å². The molecule has 4 aromatic rings. The molecule has 0 bridgehead atoms. The summed E-state index contributed by atoms with van der Waals surface area (Å²) in [6.45, 7) is 0.688. The van der Waals surface area contributed by atoms with Gasteiger partial charge in [0.15, 0.2) is 11.7 Å². The van der Waals surface area contributed by atoms with Crippen LogP contribution in [0.5, 0.6) is 0 Å². The van der Waals surface area contributed by atoms with E-state index in [0.29, 0.717) is 24.8 Å². The van der Waals surface area contributed by atoms with Crippen LogP contribution in [0.3, 0.4) is 0 Å². The molecule has 2 N–H and O–H groups in total. The average Bonchev–Trinajstić information content (AvgIpc) is 3.48. The molecule has 0 saturated carbocycles. The van der Waals surface area contributed by atoms with Gasteiger partial charge in [-0.2, -0.15) is 0 Å². The standard InChI is InChI=1S/C32H26Br2N6O2S2/c33-23-11-15-25(16-12-23)35-29-27(39(31(41)43-29)19-21-7-3-1-4-8-21)37-38-28-30(36-26-17-13-24(34)14-18-26)44-32(42)40(28)20-22-9-5-2-6-10-22/h1-18,29-30,35-36H,19-20H2/b37-27+,38-28?. The second-order valence-electron chi connectivity index (χ2n) is 9.89. The van der Waals surface area contributed by atoms with Crippen molar-refractivity contribution in [3.63, 3.8) is 0 Å². The molecule has 2 unspecified atom stereocenters. The zero-order chi connectivity index (χ0) is 30.5. The van der Waals surface area contributed by atoms with Gasteiger partial charge >= 0.3 is 0 Å². The van der Waals surface area contributed by atoms with E-state index in [1.807, 2.05) is 109 Å². The Morgan fingerprint density at radius 3 is 1.30 bits per heavy atom. The van der Waals surface area contributed by atoms with E-state index in [1.165, 1.54) is 0 Å². The smallest absolute Gasteiger partial charge is 0.289 e. The molecule has 44 heavy (non-hydrogen) atoms. The Bertz CT molecular complexity index is 1560. The zero-order valence-corrected chi connectivity index (χ0v) is 27.9. The Kier molecular flexibility index (Phi) is 9.70. The van der Waals surface area contributed by atoms with Gasteiger partial charge in [0.25, 0.3) is 10.5 Å². The number of carbonyl (C=O) groups is 2. The fourth-order valence-corrected chi connectivity index (χ4v) is 7.08. The minimum Gasteiger partial charge on any atom is -0.367 e. The molecule has 4 aromatic carbocycles. The Hall–Kier alpha value is -3.58. The summed E-state index contributed by atoms with van der Waals surface area (Å²) in [5, 5.41) is 15.1. The van der Waals surface area contributed by atoms with Gasteiger partial charge < -0.3 is 10.6 Å². The highest BCUT2D eigenvalue weighted by molar-refractivity contribution is 9.10. The normalized spacial score (nSPS) is 20.1. The summed E-state index contributed by atoms with van der Waals surface area (Å²) in [7, 11) is 0. The van der Waals surface area contributed by atoms with Crippen molar-refractivity contribution in [1.29, 1.82) is 0 Å². The summed E-state index contributed by atoms with van der Waals surface area (Å²) < 4.78 is 1.91. The molecular formula is C32H26Br2N6O2S2. The van der Waals surface area contributed by atoms with Gasteiger partial charge in [-0.3, -0.25) is 19.4 Å². The van der Waals surface area contributed by atoms with Gasteiger partial charge in [0.2, 0.25) is 0 Å². The number of nitrogens with one attached hydrogen (secondary N) is 2. The van der Waals surface area contributed by atoms with E-state index in [-0.39, 0.29) is 10.5 Å². The van der Waals surface area contributed by atoms with Crippen molar-refractivity contribution < 1.29 is 9.59 Å². The van der Waals surface area contributed by atoms with Gasteiger partial charge in [-0.1, -0.05) is 92.5 Å². The highest BCUT2D eigenvalue weighted by Crippen LogP contribution is 2.34. The Labute approximate surface area is 280 Å². The predicted octanol–water partition coefficient (Wildman–Crippen LogP) is 8.84. The van der Waals surface area contributed by atoms with Crippen LogP contribution in [-0.2, 0) is 13.1 Å². The number of hydrogen-bond acceptors (Lipinski definition) is 8. The van der Waals surface area contributed by atoms with Crippen molar-refractivity contribution in [3.8, 4) is 0 Å². The van der Waals surface area contributed by atoms with Gasteiger partial charge in [-0.15, -0.1) is 10.2 Å². The minimum absolute atomic E-state index is 0.134. The summed E-state index contributed by atoms with van der Waals surface area (Å²) in [4.78, 5) is 30.0. The van der Waals surface area contributed by atoms with Crippen LogP contribution in [0.4, 0.5) is 21.0 Å². The van der Waals surface area contributed by atoms with Crippen LogP contribution >= 0.6 is 55.4 Å². The zero-order valence-electron chi connectivity index (χ0n) is 23.1. The summed E-state index contributed by atoms with van der Waals surface area (Å²) in [6, 6.07) is 35.0. The maximum Gasteiger partial charge on any atom is 0.289 e. The Morgan fingerprint density at radius 2 is 0.932 bits per heavy atom. The van der Waals surface area contributed by atoms with E-state index in [2.05, 4.69) is 42.5 Å². The monoisotopic (exact) mass is 748 g/mol. The fraction of sp³-hybridized carbons (Fsp3) is 0.125. The first kappa shape index (κ1) is 30.4. The summed E-state index contributed by atoms with van der Waals surface area (Å²) in [5.74, 6) is 0.927. The third-order valence-corrected chi connectivity index (χ3v) is 9.84. The third-order valence-electron chi connectivity index (χ3n) is 6.81. The molecule has 0 aliphatic carbocycles. The lowest BCUT2D eigenvalue weighted by atomic mass is 10.2.